The number of nitrogen functional groups attached to an aromatic ring is 2. The van der Waals surface area contributed by atoms with Gasteiger partial charge >= 0.3 is 0 Å². The molecule has 4 N–H and O–H groups in total. The number of aromatic nitrogens is 2. The molecular weight excluding hydrogens is 276 g/mol. The van der Waals surface area contributed by atoms with Gasteiger partial charge in [-0.25, -0.2) is 4.98 Å². The van der Waals surface area contributed by atoms with E-state index in [1.165, 1.54) is 6.20 Å². The minimum atomic E-state index is -0.116. The molecule has 2 heterocycles. The Hall–Kier alpha value is -3.08. The van der Waals surface area contributed by atoms with Crippen molar-refractivity contribution in [3.8, 4) is 11.5 Å². The van der Waals surface area contributed by atoms with Gasteiger partial charge in [0, 0.05) is 11.1 Å². The maximum atomic E-state index is 6.07. The first-order valence-electron chi connectivity index (χ1n) is 6.97. The maximum Gasteiger partial charge on any atom is 0.148 e. The van der Waals surface area contributed by atoms with Crippen LogP contribution in [0.4, 0.5) is 11.6 Å². The zero-order valence-corrected chi connectivity index (χ0v) is 11.7. The molecule has 1 aromatic heterocycles. The van der Waals surface area contributed by atoms with E-state index in [0.29, 0.717) is 17.3 Å². The van der Waals surface area contributed by atoms with E-state index in [2.05, 4.69) is 9.97 Å². The van der Waals surface area contributed by atoms with E-state index in [4.69, 9.17) is 16.2 Å². The van der Waals surface area contributed by atoms with Crippen molar-refractivity contribution in [3.05, 3.63) is 71.5 Å². The minimum Gasteiger partial charge on any atom is -0.457 e. The molecule has 5 nitrogen and oxygen atoms in total. The third kappa shape index (κ3) is 1.87. The van der Waals surface area contributed by atoms with E-state index in [1.807, 2.05) is 48.5 Å². The number of hydrogen-bond donors (Lipinski definition) is 2. The Morgan fingerprint density at radius 1 is 0.864 bits per heavy atom. The summed E-state index contributed by atoms with van der Waals surface area (Å²) in [5.74, 6) is 2.16. The largest absolute Gasteiger partial charge is 0.457 e. The molecule has 0 atom stereocenters. The molecule has 0 spiro atoms. The number of rotatable bonds is 1. The third-order valence-electron chi connectivity index (χ3n) is 3.80. The lowest BCUT2D eigenvalue weighted by atomic mass is 9.85. The van der Waals surface area contributed by atoms with E-state index < -0.39 is 0 Å². The van der Waals surface area contributed by atoms with Gasteiger partial charge in [0.05, 0.1) is 17.8 Å². The van der Waals surface area contributed by atoms with Crippen LogP contribution in [0, 0.1) is 0 Å². The highest BCUT2D eigenvalue weighted by molar-refractivity contribution is 5.60. The van der Waals surface area contributed by atoms with Crippen molar-refractivity contribution in [1.82, 2.24) is 9.97 Å². The van der Waals surface area contributed by atoms with Crippen LogP contribution in [0.5, 0.6) is 11.5 Å². The normalized spacial score (nSPS) is 13.1. The molecule has 4 rings (SSSR count). The predicted octanol–water partition coefficient (Wildman–Crippen LogP) is 2.93. The average Bonchev–Trinajstić information content (AvgIpc) is 2.53. The number of benzene rings is 2. The topological polar surface area (TPSA) is 87.0 Å². The Morgan fingerprint density at radius 2 is 1.45 bits per heavy atom. The Balaban J connectivity index is 1.98. The Kier molecular flexibility index (Phi) is 2.72. The number of fused-ring (bicyclic) bond motifs is 2. The molecule has 0 unspecified atom stereocenters. The molecule has 3 aromatic rings. The smallest absolute Gasteiger partial charge is 0.148 e. The highest BCUT2D eigenvalue weighted by Crippen LogP contribution is 2.47. The van der Waals surface area contributed by atoms with Gasteiger partial charge < -0.3 is 16.2 Å². The minimum absolute atomic E-state index is 0.116. The summed E-state index contributed by atoms with van der Waals surface area (Å²) in [5, 5.41) is 0. The van der Waals surface area contributed by atoms with Gasteiger partial charge in [0.25, 0.3) is 0 Å². The fourth-order valence-electron chi connectivity index (χ4n) is 2.85. The zero-order valence-electron chi connectivity index (χ0n) is 11.7. The molecule has 22 heavy (non-hydrogen) atoms. The van der Waals surface area contributed by atoms with E-state index in [1.54, 1.807) is 0 Å². The lowest BCUT2D eigenvalue weighted by molar-refractivity contribution is 0.452. The lowest BCUT2D eigenvalue weighted by Gasteiger charge is -2.28. The van der Waals surface area contributed by atoms with Crippen LogP contribution in [0.3, 0.4) is 0 Å². The van der Waals surface area contributed by atoms with E-state index >= 15 is 0 Å². The first-order valence-corrected chi connectivity index (χ1v) is 6.97. The second-order valence-electron chi connectivity index (χ2n) is 5.18. The molecule has 0 fully saturated rings. The second-order valence-corrected chi connectivity index (χ2v) is 5.18. The van der Waals surface area contributed by atoms with Crippen LogP contribution in [-0.2, 0) is 0 Å². The van der Waals surface area contributed by atoms with Gasteiger partial charge in [0.15, 0.2) is 0 Å². The van der Waals surface area contributed by atoms with E-state index in [-0.39, 0.29) is 5.92 Å². The highest BCUT2D eigenvalue weighted by Gasteiger charge is 2.30. The summed E-state index contributed by atoms with van der Waals surface area (Å²) in [6.07, 6.45) is 1.53. The lowest BCUT2D eigenvalue weighted by Crippen LogP contribution is -2.15. The molecule has 0 radical (unpaired) electrons. The average molecular weight is 290 g/mol. The molecule has 5 heteroatoms. The Bertz CT molecular complexity index is 817. The first kappa shape index (κ1) is 12.6. The highest BCUT2D eigenvalue weighted by atomic mass is 16.5. The molecule has 1 aliphatic heterocycles. The number of anilines is 2. The van der Waals surface area contributed by atoms with Crippen molar-refractivity contribution < 1.29 is 4.74 Å². The number of para-hydroxylation sites is 2. The van der Waals surface area contributed by atoms with Crippen molar-refractivity contribution in [2.45, 2.75) is 5.92 Å². The van der Waals surface area contributed by atoms with Gasteiger partial charge in [-0.15, -0.1) is 0 Å². The molecule has 2 aromatic carbocycles. The molecule has 1 aliphatic rings. The van der Waals surface area contributed by atoms with Crippen LogP contribution in [-0.4, -0.2) is 9.97 Å². The fourth-order valence-corrected chi connectivity index (χ4v) is 2.85. The van der Waals surface area contributed by atoms with Crippen LogP contribution in [0.2, 0.25) is 0 Å². The van der Waals surface area contributed by atoms with Crippen LogP contribution in [0.15, 0.2) is 54.7 Å². The quantitative estimate of drug-likeness (QED) is 0.563. The summed E-state index contributed by atoms with van der Waals surface area (Å²) in [5.41, 5.74) is 14.5. The zero-order chi connectivity index (χ0) is 15.1. The van der Waals surface area contributed by atoms with Gasteiger partial charge in [-0.05, 0) is 12.1 Å². The standard InChI is InChI=1S/C17H14N4O/c18-14-9-20-16(17(19)21-14)15-10-5-1-3-7-12(10)22-13-8-4-2-6-11(13)15/h1-9,15H,(H4,18,19,21). The molecule has 108 valence electrons. The molecule has 0 bridgehead atoms. The van der Waals surface area contributed by atoms with Crippen molar-refractivity contribution in [2.75, 3.05) is 11.5 Å². The molecule has 0 aliphatic carbocycles. The van der Waals surface area contributed by atoms with Crippen LogP contribution in [0.1, 0.15) is 22.7 Å². The van der Waals surface area contributed by atoms with Crippen LogP contribution in [0.25, 0.3) is 0 Å². The number of nitrogens with two attached hydrogens (primary N) is 2. The number of ether oxygens (including phenoxy) is 1. The summed E-state index contributed by atoms with van der Waals surface area (Å²) >= 11 is 0. The van der Waals surface area contributed by atoms with Gasteiger partial charge in [-0.3, -0.25) is 4.98 Å². The van der Waals surface area contributed by atoms with Crippen LogP contribution >= 0.6 is 0 Å². The fraction of sp³-hybridized carbons (Fsp3) is 0.0588. The number of hydrogen-bond acceptors (Lipinski definition) is 5. The summed E-state index contributed by atoms with van der Waals surface area (Å²) in [6, 6.07) is 15.8. The van der Waals surface area contributed by atoms with E-state index in [0.717, 1.165) is 22.6 Å². The Morgan fingerprint density at radius 3 is 2.05 bits per heavy atom. The predicted molar refractivity (Wildman–Crippen MR) is 84.8 cm³/mol. The monoisotopic (exact) mass is 290 g/mol. The van der Waals surface area contributed by atoms with Gasteiger partial charge in [0.2, 0.25) is 0 Å². The second kappa shape index (κ2) is 4.73. The van der Waals surface area contributed by atoms with Crippen molar-refractivity contribution in [1.29, 1.82) is 0 Å². The molecular formula is C17H14N4O. The summed E-state index contributed by atoms with van der Waals surface area (Å²) in [4.78, 5) is 8.58. The Labute approximate surface area is 127 Å². The van der Waals surface area contributed by atoms with Gasteiger partial charge in [-0.2, -0.15) is 0 Å². The molecule has 0 saturated heterocycles. The van der Waals surface area contributed by atoms with Crippen molar-refractivity contribution >= 4 is 11.6 Å². The van der Waals surface area contributed by atoms with Crippen molar-refractivity contribution in [2.24, 2.45) is 0 Å². The number of nitrogens with zero attached hydrogens (tertiary/aromatic N) is 2. The first-order chi connectivity index (χ1) is 10.7. The van der Waals surface area contributed by atoms with Gasteiger partial charge in [-0.1, -0.05) is 36.4 Å². The molecule has 0 saturated carbocycles. The van der Waals surface area contributed by atoms with E-state index in [9.17, 15) is 0 Å². The summed E-state index contributed by atoms with van der Waals surface area (Å²) < 4.78 is 5.98. The summed E-state index contributed by atoms with van der Waals surface area (Å²) in [6.45, 7) is 0. The maximum absolute atomic E-state index is 6.07. The third-order valence-corrected chi connectivity index (χ3v) is 3.80. The summed E-state index contributed by atoms with van der Waals surface area (Å²) in [7, 11) is 0. The molecule has 0 amide bonds. The SMILES string of the molecule is Nc1cnc(C2c3ccccc3Oc3ccccc32)c(N)n1. The van der Waals surface area contributed by atoms with Gasteiger partial charge in [0.1, 0.15) is 23.1 Å². The van der Waals surface area contributed by atoms with Crippen molar-refractivity contribution in [3.63, 3.8) is 0 Å². The van der Waals surface area contributed by atoms with Crippen LogP contribution < -0.4 is 16.2 Å².